The van der Waals surface area contributed by atoms with Crippen LogP contribution in [0.5, 0.6) is 5.88 Å². The van der Waals surface area contributed by atoms with Crippen molar-refractivity contribution in [2.24, 2.45) is 0 Å². The van der Waals surface area contributed by atoms with Crippen molar-refractivity contribution in [2.75, 3.05) is 7.11 Å². The Morgan fingerprint density at radius 2 is 2.00 bits per heavy atom. The van der Waals surface area contributed by atoms with E-state index in [9.17, 15) is 21.6 Å². The largest absolute Gasteiger partial charge is 0.481 e. The van der Waals surface area contributed by atoms with Crippen LogP contribution in [0.2, 0.25) is 0 Å². The molecule has 26 heavy (non-hydrogen) atoms. The van der Waals surface area contributed by atoms with Gasteiger partial charge in [0.2, 0.25) is 5.88 Å². The number of halogens is 3. The van der Waals surface area contributed by atoms with Crippen molar-refractivity contribution >= 4 is 21.6 Å². The number of hydrogen-bond acceptors (Lipinski definition) is 5. The Kier molecular flexibility index (Phi) is 4.61. The van der Waals surface area contributed by atoms with Crippen LogP contribution in [0.3, 0.4) is 0 Å². The molecule has 0 aliphatic heterocycles. The lowest BCUT2D eigenvalue weighted by Crippen LogP contribution is -2.07. The number of ether oxygens (including phenoxy) is 1. The Bertz CT molecular complexity index is 1050. The lowest BCUT2D eigenvalue weighted by molar-refractivity contribution is -0.139. The molecule has 0 atom stereocenters. The summed E-state index contributed by atoms with van der Waals surface area (Å²) in [5.74, 6) is -0.118. The van der Waals surface area contributed by atoms with E-state index in [0.717, 1.165) is 0 Å². The van der Waals surface area contributed by atoms with E-state index in [2.05, 4.69) is 15.2 Å². The van der Waals surface area contributed by atoms with Gasteiger partial charge in [-0.25, -0.2) is 13.4 Å². The van der Waals surface area contributed by atoms with Gasteiger partial charge in [0.1, 0.15) is 10.7 Å². The van der Waals surface area contributed by atoms with Crippen LogP contribution in [0, 0.1) is 6.92 Å². The molecule has 138 valence electrons. The highest BCUT2D eigenvalue weighted by Gasteiger charge is 2.37. The third-order valence-electron chi connectivity index (χ3n) is 3.96. The quantitative estimate of drug-likeness (QED) is 0.675. The van der Waals surface area contributed by atoms with Gasteiger partial charge in [0.15, 0.2) is 5.69 Å². The van der Waals surface area contributed by atoms with Crippen LogP contribution in [-0.4, -0.2) is 30.7 Å². The Balaban J connectivity index is 2.30. The molecule has 3 rings (SSSR count). The normalized spacial score (nSPS) is 12.1. The Hall–Kier alpha value is -2.62. The van der Waals surface area contributed by atoms with Crippen LogP contribution in [0.4, 0.5) is 13.2 Å². The molecule has 0 spiro atoms. The van der Waals surface area contributed by atoms with E-state index >= 15 is 0 Å². The second kappa shape index (κ2) is 6.60. The molecule has 1 aromatic carbocycles. The maximum Gasteiger partial charge on any atom is 0.435 e. The van der Waals surface area contributed by atoms with Gasteiger partial charge in [-0.15, -0.1) is 0 Å². The summed E-state index contributed by atoms with van der Waals surface area (Å²) in [5, 5.41) is 5.58. The number of fused-ring (bicyclic) bond motifs is 1. The monoisotopic (exact) mass is 385 g/mol. The number of aromatic nitrogens is 3. The number of aryl methyl sites for hydroxylation is 1. The first-order chi connectivity index (χ1) is 12.2. The highest BCUT2D eigenvalue weighted by molar-refractivity contribution is 7.71. The third-order valence-corrected chi connectivity index (χ3v) is 4.56. The number of thiol groups is 1. The molecule has 10 heteroatoms. The van der Waals surface area contributed by atoms with E-state index in [1.807, 2.05) is 0 Å². The van der Waals surface area contributed by atoms with Crippen molar-refractivity contribution in [1.29, 1.82) is 0 Å². The fourth-order valence-electron chi connectivity index (χ4n) is 2.79. The lowest BCUT2D eigenvalue weighted by atomic mass is 9.98. The molecule has 0 unspecified atom stereocenters. The van der Waals surface area contributed by atoms with Crippen LogP contribution in [0.15, 0.2) is 24.4 Å². The molecular weight excluding hydrogens is 371 g/mol. The fourth-order valence-corrected chi connectivity index (χ4v) is 3.43. The average molecular weight is 385 g/mol. The molecule has 0 aliphatic carbocycles. The average Bonchev–Trinajstić information content (AvgIpc) is 2.99. The highest BCUT2D eigenvalue weighted by atomic mass is 32.2. The van der Waals surface area contributed by atoms with Crippen molar-refractivity contribution in [3.8, 4) is 17.0 Å². The molecule has 2 aromatic heterocycles. The minimum absolute atomic E-state index is 0.0199. The topological polar surface area (TPSA) is 84.9 Å². The van der Waals surface area contributed by atoms with Gasteiger partial charge in [0.05, 0.1) is 30.1 Å². The number of H-pyrrole nitrogens is 1. The number of pyridine rings is 1. The minimum atomic E-state index is -4.66. The van der Waals surface area contributed by atoms with E-state index in [1.165, 1.54) is 13.3 Å². The molecule has 0 saturated heterocycles. The van der Waals surface area contributed by atoms with E-state index in [4.69, 9.17) is 4.74 Å². The zero-order chi connectivity index (χ0) is 19.1. The van der Waals surface area contributed by atoms with Crippen molar-refractivity contribution in [3.05, 3.63) is 41.2 Å². The zero-order valence-electron chi connectivity index (χ0n) is 13.7. The van der Waals surface area contributed by atoms with Crippen molar-refractivity contribution in [2.45, 2.75) is 18.9 Å². The molecule has 1 N–H and O–H groups in total. The summed E-state index contributed by atoms with van der Waals surface area (Å²) in [6, 6.07) is 4.73. The Morgan fingerprint density at radius 3 is 2.58 bits per heavy atom. The first kappa shape index (κ1) is 18.2. The molecular formula is C16H14F3N3O3S. The van der Waals surface area contributed by atoms with E-state index in [1.54, 1.807) is 25.1 Å². The SMILES string of the molecule is COc1ncc2[nH]nc(C(F)(F)F)c2c1-c1ccc(C[SH](=O)=O)c(C)c1. The molecule has 0 aliphatic rings. The number of benzene rings is 1. The van der Waals surface area contributed by atoms with Crippen LogP contribution < -0.4 is 4.74 Å². The summed E-state index contributed by atoms with van der Waals surface area (Å²) in [6.07, 6.45) is -3.43. The summed E-state index contributed by atoms with van der Waals surface area (Å²) in [7, 11) is -1.29. The number of rotatable bonds is 4. The number of nitrogens with one attached hydrogen (secondary N) is 1. The number of methoxy groups -OCH3 is 1. The predicted molar refractivity (Wildman–Crippen MR) is 89.6 cm³/mol. The van der Waals surface area contributed by atoms with Gasteiger partial charge < -0.3 is 4.74 Å². The minimum Gasteiger partial charge on any atom is -0.481 e. The molecule has 6 nitrogen and oxygen atoms in total. The number of nitrogens with zero attached hydrogens (tertiary/aromatic N) is 2. The molecule has 2 heterocycles. The van der Waals surface area contributed by atoms with Gasteiger partial charge >= 0.3 is 6.18 Å². The zero-order valence-corrected chi connectivity index (χ0v) is 14.6. The summed E-state index contributed by atoms with van der Waals surface area (Å²) in [6.45, 7) is 1.69. The van der Waals surface area contributed by atoms with Gasteiger partial charge in [-0.1, -0.05) is 18.2 Å². The second-order valence-electron chi connectivity index (χ2n) is 5.63. The predicted octanol–water partition coefficient (Wildman–Crippen LogP) is 3.07. The maximum absolute atomic E-state index is 13.4. The summed E-state index contributed by atoms with van der Waals surface area (Å²) in [5.41, 5.74) is 0.844. The third kappa shape index (κ3) is 3.24. The molecule has 3 aromatic rings. The van der Waals surface area contributed by atoms with Crippen LogP contribution in [0.1, 0.15) is 16.8 Å². The van der Waals surface area contributed by atoms with Gasteiger partial charge in [-0.05, 0) is 23.6 Å². The van der Waals surface area contributed by atoms with E-state index in [0.29, 0.717) is 16.7 Å². The number of alkyl halides is 3. The smallest absolute Gasteiger partial charge is 0.435 e. The van der Waals surface area contributed by atoms with Crippen molar-refractivity contribution in [1.82, 2.24) is 15.2 Å². The Labute approximate surface area is 148 Å². The van der Waals surface area contributed by atoms with Gasteiger partial charge in [0.25, 0.3) is 0 Å². The lowest BCUT2D eigenvalue weighted by Gasteiger charge is -2.13. The summed E-state index contributed by atoms with van der Waals surface area (Å²) in [4.78, 5) is 4.04. The molecule has 0 amide bonds. The van der Waals surface area contributed by atoms with Gasteiger partial charge in [0, 0.05) is 5.39 Å². The van der Waals surface area contributed by atoms with Gasteiger partial charge in [-0.2, -0.15) is 18.3 Å². The van der Waals surface area contributed by atoms with Crippen molar-refractivity contribution < 1.29 is 26.3 Å². The maximum atomic E-state index is 13.4. The standard InChI is InChI=1S/C16H14F3N3O3S/c1-8-5-9(3-4-10(8)7-26(23)24)12-13-11(6-20-15(12)25-2)21-22-14(13)16(17,18)19/h3-6,26H,7H2,1-2H3,(H,21,22). The number of aromatic amines is 1. The van der Waals surface area contributed by atoms with Crippen LogP contribution >= 0.6 is 0 Å². The Morgan fingerprint density at radius 1 is 1.27 bits per heavy atom. The van der Waals surface area contributed by atoms with Crippen LogP contribution in [-0.2, 0) is 22.6 Å². The molecule has 0 bridgehead atoms. The second-order valence-corrected chi connectivity index (χ2v) is 6.61. The summed E-state index contributed by atoms with van der Waals surface area (Å²) < 4.78 is 67.1. The molecule has 0 radical (unpaired) electrons. The van der Waals surface area contributed by atoms with Gasteiger partial charge in [-0.3, -0.25) is 5.10 Å². The first-order valence-corrected chi connectivity index (χ1v) is 8.78. The molecule has 0 saturated carbocycles. The van der Waals surface area contributed by atoms with Crippen LogP contribution in [0.25, 0.3) is 22.0 Å². The van der Waals surface area contributed by atoms with E-state index < -0.39 is 22.6 Å². The fraction of sp³-hybridized carbons (Fsp3) is 0.250. The first-order valence-electron chi connectivity index (χ1n) is 7.42. The van der Waals surface area contributed by atoms with Crippen molar-refractivity contribution in [3.63, 3.8) is 0 Å². The molecule has 0 fully saturated rings. The van der Waals surface area contributed by atoms with E-state index in [-0.39, 0.29) is 28.1 Å². The number of hydrogen-bond donors (Lipinski definition) is 2. The summed E-state index contributed by atoms with van der Waals surface area (Å²) >= 11 is 0. The highest BCUT2D eigenvalue weighted by Crippen LogP contribution is 2.41.